The monoisotopic (exact) mass is 385 g/mol. The fraction of sp³-hybridized carbons (Fsp3) is 0.231. The first-order valence-corrected chi connectivity index (χ1v) is 7.37. The number of anilines is 1. The third-order valence-corrected chi connectivity index (χ3v) is 3.68. The lowest BCUT2D eigenvalue weighted by atomic mass is 10.3. The average Bonchev–Trinajstić information content (AvgIpc) is 2.74. The summed E-state index contributed by atoms with van der Waals surface area (Å²) in [7, 11) is 0. The van der Waals surface area contributed by atoms with Gasteiger partial charge in [-0.2, -0.15) is 0 Å². The molecule has 1 N–H and O–H groups in total. The standard InChI is InChI=1S/C13H13Br2N3O/c1-8(2)18-7-9(14)6-11(18)13(19)17-10-4-3-5-16-12(10)15/h3-8H,1-2H3,(H,17,19). The molecule has 19 heavy (non-hydrogen) atoms. The molecular formula is C13H13Br2N3O. The summed E-state index contributed by atoms with van der Waals surface area (Å²) in [5, 5.41) is 2.85. The normalized spacial score (nSPS) is 10.8. The quantitative estimate of drug-likeness (QED) is 0.802. The topological polar surface area (TPSA) is 46.9 Å². The Kier molecular flexibility index (Phi) is 4.42. The largest absolute Gasteiger partial charge is 0.340 e. The first-order valence-electron chi connectivity index (χ1n) is 5.78. The predicted molar refractivity (Wildman–Crippen MR) is 82.4 cm³/mol. The Morgan fingerprint density at radius 3 is 2.79 bits per heavy atom. The van der Waals surface area contributed by atoms with Gasteiger partial charge in [-0.15, -0.1) is 0 Å². The molecule has 0 aliphatic rings. The van der Waals surface area contributed by atoms with Crippen molar-refractivity contribution in [2.45, 2.75) is 19.9 Å². The lowest BCUT2D eigenvalue weighted by Crippen LogP contribution is -2.18. The van der Waals surface area contributed by atoms with Gasteiger partial charge in [0, 0.05) is 22.9 Å². The van der Waals surface area contributed by atoms with Crippen LogP contribution in [-0.4, -0.2) is 15.5 Å². The molecule has 6 heteroatoms. The van der Waals surface area contributed by atoms with Crippen LogP contribution in [0.4, 0.5) is 5.69 Å². The molecule has 2 aromatic heterocycles. The molecule has 0 saturated heterocycles. The van der Waals surface area contributed by atoms with Gasteiger partial charge in [0.25, 0.3) is 5.91 Å². The molecule has 100 valence electrons. The molecule has 0 aliphatic heterocycles. The fourth-order valence-corrected chi connectivity index (χ4v) is 2.51. The van der Waals surface area contributed by atoms with Gasteiger partial charge in [0.05, 0.1) is 5.69 Å². The fourth-order valence-electron chi connectivity index (χ4n) is 1.72. The Balaban J connectivity index is 2.28. The van der Waals surface area contributed by atoms with E-state index in [-0.39, 0.29) is 11.9 Å². The van der Waals surface area contributed by atoms with Crippen LogP contribution in [0.2, 0.25) is 0 Å². The third-order valence-electron chi connectivity index (χ3n) is 2.61. The van der Waals surface area contributed by atoms with Gasteiger partial charge in [0.15, 0.2) is 0 Å². The zero-order valence-corrected chi connectivity index (χ0v) is 13.7. The van der Waals surface area contributed by atoms with Gasteiger partial charge in [-0.3, -0.25) is 4.79 Å². The number of hydrogen-bond acceptors (Lipinski definition) is 2. The number of hydrogen-bond donors (Lipinski definition) is 1. The van der Waals surface area contributed by atoms with Gasteiger partial charge in [0.1, 0.15) is 10.3 Å². The molecule has 0 fully saturated rings. The van der Waals surface area contributed by atoms with Crippen molar-refractivity contribution in [1.82, 2.24) is 9.55 Å². The van der Waals surface area contributed by atoms with Crippen LogP contribution in [-0.2, 0) is 0 Å². The number of nitrogens with zero attached hydrogens (tertiary/aromatic N) is 2. The molecule has 2 rings (SSSR count). The summed E-state index contributed by atoms with van der Waals surface area (Å²) in [6.45, 7) is 4.06. The summed E-state index contributed by atoms with van der Waals surface area (Å²) >= 11 is 6.71. The molecule has 0 unspecified atom stereocenters. The lowest BCUT2D eigenvalue weighted by Gasteiger charge is -2.13. The highest BCUT2D eigenvalue weighted by Crippen LogP contribution is 2.23. The van der Waals surface area contributed by atoms with Crippen LogP contribution < -0.4 is 5.32 Å². The number of pyridine rings is 1. The molecule has 0 atom stereocenters. The second kappa shape index (κ2) is 5.88. The van der Waals surface area contributed by atoms with Crippen molar-refractivity contribution in [3.8, 4) is 0 Å². The second-order valence-corrected chi connectivity index (χ2v) is 6.01. The maximum absolute atomic E-state index is 12.3. The van der Waals surface area contributed by atoms with Crippen LogP contribution in [0.25, 0.3) is 0 Å². The van der Waals surface area contributed by atoms with E-state index in [4.69, 9.17) is 0 Å². The van der Waals surface area contributed by atoms with Gasteiger partial charge in [-0.25, -0.2) is 4.98 Å². The maximum Gasteiger partial charge on any atom is 0.272 e. The van der Waals surface area contributed by atoms with E-state index in [2.05, 4.69) is 42.2 Å². The van der Waals surface area contributed by atoms with Gasteiger partial charge in [0.2, 0.25) is 0 Å². The number of amides is 1. The molecule has 0 aromatic carbocycles. The maximum atomic E-state index is 12.3. The average molecular weight is 387 g/mol. The molecule has 0 radical (unpaired) electrons. The van der Waals surface area contributed by atoms with Crippen LogP contribution >= 0.6 is 31.9 Å². The Bertz CT molecular complexity index is 608. The zero-order chi connectivity index (χ0) is 14.0. The number of carbonyl (C=O) groups excluding carboxylic acids is 1. The Hall–Kier alpha value is -1.14. The third kappa shape index (κ3) is 3.25. The van der Waals surface area contributed by atoms with E-state index in [9.17, 15) is 4.79 Å². The van der Waals surface area contributed by atoms with E-state index in [0.29, 0.717) is 16.0 Å². The van der Waals surface area contributed by atoms with E-state index in [1.54, 1.807) is 24.4 Å². The van der Waals surface area contributed by atoms with Crippen LogP contribution in [0.15, 0.2) is 39.7 Å². The van der Waals surface area contributed by atoms with Crippen LogP contribution in [0.5, 0.6) is 0 Å². The van der Waals surface area contributed by atoms with Crippen molar-refractivity contribution in [3.63, 3.8) is 0 Å². The zero-order valence-electron chi connectivity index (χ0n) is 10.5. The number of halogens is 2. The number of carbonyl (C=O) groups is 1. The summed E-state index contributed by atoms with van der Waals surface area (Å²) in [6, 6.07) is 5.59. The van der Waals surface area contributed by atoms with E-state index < -0.39 is 0 Å². The summed E-state index contributed by atoms with van der Waals surface area (Å²) in [5.74, 6) is -0.159. The minimum absolute atomic E-state index is 0.159. The number of aromatic nitrogens is 2. The molecule has 0 aliphatic carbocycles. The lowest BCUT2D eigenvalue weighted by molar-refractivity contribution is 0.101. The van der Waals surface area contributed by atoms with Gasteiger partial charge < -0.3 is 9.88 Å². The highest BCUT2D eigenvalue weighted by molar-refractivity contribution is 9.10. The van der Waals surface area contributed by atoms with Crippen molar-refractivity contribution >= 4 is 43.5 Å². The summed E-state index contributed by atoms with van der Waals surface area (Å²) < 4.78 is 3.42. The first kappa shape index (κ1) is 14.3. The smallest absolute Gasteiger partial charge is 0.272 e. The van der Waals surface area contributed by atoms with Crippen LogP contribution in [0.3, 0.4) is 0 Å². The summed E-state index contributed by atoms with van der Waals surface area (Å²) in [5.41, 5.74) is 1.26. The minimum atomic E-state index is -0.159. The Morgan fingerprint density at radius 2 is 2.16 bits per heavy atom. The number of nitrogens with one attached hydrogen (secondary N) is 1. The predicted octanol–water partition coefficient (Wildman–Crippen LogP) is 4.24. The highest BCUT2D eigenvalue weighted by atomic mass is 79.9. The van der Waals surface area contributed by atoms with E-state index in [0.717, 1.165) is 4.47 Å². The van der Waals surface area contributed by atoms with Crippen molar-refractivity contribution in [1.29, 1.82) is 0 Å². The van der Waals surface area contributed by atoms with Crippen molar-refractivity contribution in [2.75, 3.05) is 5.32 Å². The Labute approximate surface area is 128 Å². The SMILES string of the molecule is CC(C)n1cc(Br)cc1C(=O)Nc1cccnc1Br. The van der Waals surface area contributed by atoms with Crippen LogP contribution in [0.1, 0.15) is 30.4 Å². The number of rotatable bonds is 3. The molecule has 0 bridgehead atoms. The van der Waals surface area contributed by atoms with E-state index >= 15 is 0 Å². The Morgan fingerprint density at radius 1 is 1.42 bits per heavy atom. The summed E-state index contributed by atoms with van der Waals surface area (Å²) in [6.07, 6.45) is 3.56. The minimum Gasteiger partial charge on any atom is -0.340 e. The highest BCUT2D eigenvalue weighted by Gasteiger charge is 2.16. The van der Waals surface area contributed by atoms with Gasteiger partial charge >= 0.3 is 0 Å². The molecular weight excluding hydrogens is 374 g/mol. The molecule has 1 amide bonds. The molecule has 0 spiro atoms. The molecule has 2 aromatic rings. The van der Waals surface area contributed by atoms with Crippen LogP contribution in [0, 0.1) is 0 Å². The van der Waals surface area contributed by atoms with Crippen molar-refractivity contribution < 1.29 is 4.79 Å². The second-order valence-electron chi connectivity index (χ2n) is 4.34. The molecule has 0 saturated carbocycles. The molecule has 2 heterocycles. The van der Waals surface area contributed by atoms with Gasteiger partial charge in [-0.1, -0.05) is 0 Å². The first-order chi connectivity index (χ1) is 8.99. The molecule has 4 nitrogen and oxygen atoms in total. The van der Waals surface area contributed by atoms with Gasteiger partial charge in [-0.05, 0) is 63.9 Å². The van der Waals surface area contributed by atoms with Crippen molar-refractivity contribution in [3.05, 3.63) is 45.4 Å². The van der Waals surface area contributed by atoms with E-state index in [1.165, 1.54) is 0 Å². The summed E-state index contributed by atoms with van der Waals surface area (Å²) in [4.78, 5) is 16.4. The van der Waals surface area contributed by atoms with Crippen molar-refractivity contribution in [2.24, 2.45) is 0 Å². The van der Waals surface area contributed by atoms with E-state index in [1.807, 2.05) is 24.6 Å².